The van der Waals surface area contributed by atoms with Crippen LogP contribution in [0.25, 0.3) is 0 Å². The molecule has 1 atom stereocenters. The summed E-state index contributed by atoms with van der Waals surface area (Å²) in [5, 5.41) is 12.2. The second kappa shape index (κ2) is 7.64. The Morgan fingerprint density at radius 3 is 2.88 bits per heavy atom. The van der Waals surface area contributed by atoms with Gasteiger partial charge in [0.1, 0.15) is 0 Å². The lowest BCUT2D eigenvalue weighted by Gasteiger charge is -2.23. The molecule has 0 spiro atoms. The molecule has 26 heavy (non-hydrogen) atoms. The lowest BCUT2D eigenvalue weighted by atomic mass is 9.93. The predicted octanol–water partition coefficient (Wildman–Crippen LogP) is 3.02. The standard InChI is InChI=1S/C20H31N5O/c1-13(2)12-25-15(4)16(14(3)23-25)9-10-20(26)22-18-7-6-8-19-17(18)11-21-24(19)5/h11,13,18H,6-10,12H2,1-5H3,(H,22,26). The maximum absolute atomic E-state index is 12.5. The van der Waals surface area contributed by atoms with Gasteiger partial charge < -0.3 is 5.32 Å². The summed E-state index contributed by atoms with van der Waals surface area (Å²) in [5.41, 5.74) is 5.89. The fraction of sp³-hybridized carbons (Fsp3) is 0.650. The molecule has 3 rings (SSSR count). The number of aryl methyl sites for hydroxylation is 2. The van der Waals surface area contributed by atoms with E-state index in [-0.39, 0.29) is 11.9 Å². The number of carbonyl (C=O) groups is 1. The molecule has 2 aromatic rings. The van der Waals surface area contributed by atoms with Crippen LogP contribution in [-0.2, 0) is 31.2 Å². The first-order valence-corrected chi connectivity index (χ1v) is 9.69. The number of aromatic nitrogens is 4. The highest BCUT2D eigenvalue weighted by atomic mass is 16.1. The summed E-state index contributed by atoms with van der Waals surface area (Å²) in [6.07, 6.45) is 6.29. The van der Waals surface area contributed by atoms with Crippen molar-refractivity contribution in [2.24, 2.45) is 13.0 Å². The molecule has 2 aromatic heterocycles. The van der Waals surface area contributed by atoms with Crippen molar-refractivity contribution in [3.8, 4) is 0 Å². The number of rotatable bonds is 6. The Labute approximate surface area is 156 Å². The molecule has 1 aliphatic rings. The molecule has 0 saturated heterocycles. The molecule has 0 saturated carbocycles. The third-order valence-electron chi connectivity index (χ3n) is 5.38. The summed E-state index contributed by atoms with van der Waals surface area (Å²) in [7, 11) is 1.98. The third-order valence-corrected chi connectivity index (χ3v) is 5.38. The van der Waals surface area contributed by atoms with E-state index < -0.39 is 0 Å². The van der Waals surface area contributed by atoms with Gasteiger partial charge in [-0.3, -0.25) is 14.2 Å². The van der Waals surface area contributed by atoms with Crippen LogP contribution < -0.4 is 5.32 Å². The molecule has 1 amide bonds. The van der Waals surface area contributed by atoms with Gasteiger partial charge in [0.2, 0.25) is 5.91 Å². The average molecular weight is 358 g/mol. The Hall–Kier alpha value is -2.11. The highest BCUT2D eigenvalue weighted by molar-refractivity contribution is 5.76. The second-order valence-corrected chi connectivity index (χ2v) is 7.91. The maximum atomic E-state index is 12.5. The topological polar surface area (TPSA) is 64.7 Å². The predicted molar refractivity (Wildman–Crippen MR) is 102 cm³/mol. The lowest BCUT2D eigenvalue weighted by Crippen LogP contribution is -2.31. The number of nitrogens with one attached hydrogen (secondary N) is 1. The highest BCUT2D eigenvalue weighted by Crippen LogP contribution is 2.29. The quantitative estimate of drug-likeness (QED) is 0.864. The zero-order valence-electron chi connectivity index (χ0n) is 16.7. The molecular weight excluding hydrogens is 326 g/mol. The molecule has 0 radical (unpaired) electrons. The molecule has 1 N–H and O–H groups in total. The first-order valence-electron chi connectivity index (χ1n) is 9.69. The monoisotopic (exact) mass is 357 g/mol. The Balaban J connectivity index is 1.61. The smallest absolute Gasteiger partial charge is 0.220 e. The van der Waals surface area contributed by atoms with Gasteiger partial charge in [0.25, 0.3) is 0 Å². The minimum absolute atomic E-state index is 0.103. The Bertz CT molecular complexity index is 786. The lowest BCUT2D eigenvalue weighted by molar-refractivity contribution is -0.121. The van der Waals surface area contributed by atoms with Gasteiger partial charge >= 0.3 is 0 Å². The van der Waals surface area contributed by atoms with Gasteiger partial charge in [-0.15, -0.1) is 0 Å². The van der Waals surface area contributed by atoms with Crippen molar-refractivity contribution in [3.05, 3.63) is 34.4 Å². The number of amides is 1. The van der Waals surface area contributed by atoms with Crippen LogP contribution in [-0.4, -0.2) is 25.5 Å². The van der Waals surface area contributed by atoms with E-state index in [9.17, 15) is 4.79 Å². The summed E-state index contributed by atoms with van der Waals surface area (Å²) < 4.78 is 4.01. The minimum atomic E-state index is 0.103. The SMILES string of the molecule is Cc1nn(CC(C)C)c(C)c1CCC(=O)NC1CCCc2c1cnn2C. The van der Waals surface area contributed by atoms with Gasteiger partial charge in [0, 0.05) is 37.0 Å². The van der Waals surface area contributed by atoms with Crippen molar-refractivity contribution in [3.63, 3.8) is 0 Å². The van der Waals surface area contributed by atoms with Crippen LogP contribution in [0.1, 0.15) is 67.4 Å². The van der Waals surface area contributed by atoms with Crippen LogP contribution in [0.15, 0.2) is 6.20 Å². The van der Waals surface area contributed by atoms with Gasteiger partial charge in [0.05, 0.1) is 17.9 Å². The van der Waals surface area contributed by atoms with Gasteiger partial charge in [-0.25, -0.2) is 0 Å². The van der Waals surface area contributed by atoms with Gasteiger partial charge in [-0.05, 0) is 51.0 Å². The Morgan fingerprint density at radius 2 is 2.15 bits per heavy atom. The molecule has 6 heteroatoms. The van der Waals surface area contributed by atoms with Crippen LogP contribution in [0.5, 0.6) is 0 Å². The number of nitrogens with zero attached hydrogens (tertiary/aromatic N) is 4. The highest BCUT2D eigenvalue weighted by Gasteiger charge is 2.24. The molecule has 1 aliphatic carbocycles. The zero-order chi connectivity index (χ0) is 18.8. The van der Waals surface area contributed by atoms with E-state index in [4.69, 9.17) is 0 Å². The van der Waals surface area contributed by atoms with Crippen molar-refractivity contribution >= 4 is 5.91 Å². The Kier molecular flexibility index (Phi) is 5.49. The van der Waals surface area contributed by atoms with Gasteiger partial charge in [0.15, 0.2) is 0 Å². The van der Waals surface area contributed by atoms with Crippen LogP contribution in [0, 0.1) is 19.8 Å². The number of carbonyl (C=O) groups excluding carboxylic acids is 1. The molecule has 1 unspecified atom stereocenters. The summed E-state index contributed by atoms with van der Waals surface area (Å²) in [4.78, 5) is 12.5. The molecule has 142 valence electrons. The largest absolute Gasteiger partial charge is 0.349 e. The van der Waals surface area contributed by atoms with E-state index in [1.54, 1.807) is 0 Å². The fourth-order valence-electron chi connectivity index (χ4n) is 3.98. The first kappa shape index (κ1) is 18.7. The number of fused-ring (bicyclic) bond motifs is 1. The van der Waals surface area contributed by atoms with E-state index in [2.05, 4.69) is 41.0 Å². The second-order valence-electron chi connectivity index (χ2n) is 7.91. The van der Waals surface area contributed by atoms with E-state index in [1.807, 2.05) is 24.9 Å². The van der Waals surface area contributed by atoms with E-state index >= 15 is 0 Å². The van der Waals surface area contributed by atoms with Crippen LogP contribution in [0.4, 0.5) is 0 Å². The van der Waals surface area contributed by atoms with E-state index in [0.717, 1.165) is 37.9 Å². The Morgan fingerprint density at radius 1 is 1.38 bits per heavy atom. The van der Waals surface area contributed by atoms with Crippen LogP contribution in [0.3, 0.4) is 0 Å². The summed E-state index contributed by atoms with van der Waals surface area (Å²) >= 11 is 0. The molecule has 0 bridgehead atoms. The average Bonchev–Trinajstić information content (AvgIpc) is 3.07. The maximum Gasteiger partial charge on any atom is 0.220 e. The van der Waals surface area contributed by atoms with Crippen molar-refractivity contribution in [1.82, 2.24) is 24.9 Å². The van der Waals surface area contributed by atoms with Crippen molar-refractivity contribution < 1.29 is 4.79 Å². The van der Waals surface area contributed by atoms with E-state index in [0.29, 0.717) is 12.3 Å². The summed E-state index contributed by atoms with van der Waals surface area (Å²) in [6.45, 7) is 9.46. The molecule has 0 aromatic carbocycles. The fourth-order valence-corrected chi connectivity index (χ4v) is 3.98. The van der Waals surface area contributed by atoms with Gasteiger partial charge in [-0.2, -0.15) is 10.2 Å². The molecule has 6 nitrogen and oxygen atoms in total. The third kappa shape index (κ3) is 3.84. The van der Waals surface area contributed by atoms with Gasteiger partial charge in [-0.1, -0.05) is 13.8 Å². The zero-order valence-corrected chi connectivity index (χ0v) is 16.7. The molecule has 0 aliphatic heterocycles. The first-order chi connectivity index (χ1) is 12.4. The number of hydrogen-bond acceptors (Lipinski definition) is 3. The van der Waals surface area contributed by atoms with E-state index in [1.165, 1.54) is 22.5 Å². The minimum Gasteiger partial charge on any atom is -0.349 e. The normalized spacial score (nSPS) is 16.8. The number of hydrogen-bond donors (Lipinski definition) is 1. The molecule has 2 heterocycles. The van der Waals surface area contributed by atoms with Crippen molar-refractivity contribution in [2.75, 3.05) is 0 Å². The van der Waals surface area contributed by atoms with Crippen LogP contribution in [0.2, 0.25) is 0 Å². The summed E-state index contributed by atoms with van der Waals surface area (Å²) in [5.74, 6) is 0.672. The summed E-state index contributed by atoms with van der Waals surface area (Å²) in [6, 6.07) is 0.103. The van der Waals surface area contributed by atoms with Crippen molar-refractivity contribution in [2.45, 2.75) is 72.4 Å². The molecule has 0 fully saturated rings. The van der Waals surface area contributed by atoms with Crippen molar-refractivity contribution in [1.29, 1.82) is 0 Å². The molecular formula is C20H31N5O. The van der Waals surface area contributed by atoms with Crippen LogP contribution >= 0.6 is 0 Å².